The highest BCUT2D eigenvalue weighted by molar-refractivity contribution is 7.80. The van der Waals surface area contributed by atoms with Crippen LogP contribution in [0.25, 0.3) is 0 Å². The molecule has 396 valence electrons. The van der Waals surface area contributed by atoms with Crippen LogP contribution < -0.4 is 0 Å². The number of carbonyl (C=O) groups excluding carboxylic acids is 1. The molecule has 1 aliphatic rings. The van der Waals surface area contributed by atoms with E-state index in [2.05, 4.69) is 42.3 Å². The zero-order valence-corrected chi connectivity index (χ0v) is 43.5. The quantitative estimate of drug-likeness (QED) is 0.0197. The number of ether oxygens (including phenoxy) is 4. The van der Waals surface area contributed by atoms with E-state index in [0.717, 1.165) is 51.4 Å². The van der Waals surface area contributed by atoms with Crippen molar-refractivity contribution >= 4 is 16.4 Å². The summed E-state index contributed by atoms with van der Waals surface area (Å²) in [6.07, 6.45) is 45.0. The van der Waals surface area contributed by atoms with Crippen molar-refractivity contribution in [2.75, 3.05) is 26.4 Å². The number of allylic oxidation sites excluding steroid dienone is 4. The number of aliphatic hydroxyl groups excluding tert-OH is 3. The van der Waals surface area contributed by atoms with E-state index in [9.17, 15) is 33.1 Å². The summed E-state index contributed by atoms with van der Waals surface area (Å²) in [5.41, 5.74) is 0. The van der Waals surface area contributed by atoms with Crippen LogP contribution in [0.5, 0.6) is 0 Å². The molecule has 1 aliphatic heterocycles. The second kappa shape index (κ2) is 45.7. The van der Waals surface area contributed by atoms with Crippen LogP contribution in [0.3, 0.4) is 0 Å². The molecule has 0 aromatic rings. The van der Waals surface area contributed by atoms with Crippen LogP contribution in [0.1, 0.15) is 251 Å². The average Bonchev–Trinajstić information content (AvgIpc) is 3.30. The van der Waals surface area contributed by atoms with Gasteiger partial charge >= 0.3 is 16.4 Å². The van der Waals surface area contributed by atoms with Crippen molar-refractivity contribution in [1.82, 2.24) is 0 Å². The SMILES string of the molecule is CCCCCC/C=C\C/C=C\CCCCCCCCCC(=O)OC(COCCCCCCCCCCCCCCCCCCCCCCCC)COC1OC(CO)C(O)C(OS(=O)(=O)O)C1O. The Morgan fingerprint density at radius 3 is 1.43 bits per heavy atom. The molecule has 0 aromatic carbocycles. The van der Waals surface area contributed by atoms with E-state index < -0.39 is 59.8 Å². The maximum Gasteiger partial charge on any atom is 0.397 e. The second-order valence-corrected chi connectivity index (χ2v) is 20.2. The number of esters is 1. The molecule has 0 aromatic heterocycles. The van der Waals surface area contributed by atoms with E-state index in [0.29, 0.717) is 13.0 Å². The number of hydrogen-bond donors (Lipinski definition) is 4. The highest BCUT2D eigenvalue weighted by atomic mass is 32.3. The Morgan fingerprint density at radius 1 is 0.567 bits per heavy atom. The Morgan fingerprint density at radius 2 is 0.985 bits per heavy atom. The van der Waals surface area contributed by atoms with Gasteiger partial charge in [-0.3, -0.25) is 9.35 Å². The smallest absolute Gasteiger partial charge is 0.397 e. The largest absolute Gasteiger partial charge is 0.457 e. The number of unbranched alkanes of at least 4 members (excludes halogenated alkanes) is 32. The van der Waals surface area contributed by atoms with Crippen LogP contribution in [-0.4, -0.2) is 97.5 Å². The zero-order valence-electron chi connectivity index (χ0n) is 42.7. The van der Waals surface area contributed by atoms with Gasteiger partial charge < -0.3 is 34.3 Å². The van der Waals surface area contributed by atoms with Gasteiger partial charge in [-0.1, -0.05) is 224 Å². The lowest BCUT2D eigenvalue weighted by atomic mass is 9.99. The van der Waals surface area contributed by atoms with Gasteiger partial charge in [0.25, 0.3) is 0 Å². The summed E-state index contributed by atoms with van der Waals surface area (Å²) < 4.78 is 59.3. The minimum atomic E-state index is -5.06. The summed E-state index contributed by atoms with van der Waals surface area (Å²) in [6, 6.07) is 0. The van der Waals surface area contributed by atoms with Crippen LogP contribution >= 0.6 is 0 Å². The fraction of sp³-hybridized carbons (Fsp3) is 0.907. The van der Waals surface area contributed by atoms with Crippen LogP contribution in [0, 0.1) is 0 Å². The van der Waals surface area contributed by atoms with Crippen LogP contribution in [0.2, 0.25) is 0 Å². The molecule has 0 saturated carbocycles. The van der Waals surface area contributed by atoms with Crippen molar-refractivity contribution in [2.24, 2.45) is 0 Å². The zero-order chi connectivity index (χ0) is 48.9. The molecule has 1 heterocycles. The molecular weight excluding hydrogens is 873 g/mol. The van der Waals surface area contributed by atoms with E-state index in [4.69, 9.17) is 18.9 Å². The first-order valence-corrected chi connectivity index (χ1v) is 29.0. The summed E-state index contributed by atoms with van der Waals surface area (Å²) in [7, 11) is -5.06. The Balaban J connectivity index is 2.31. The van der Waals surface area contributed by atoms with E-state index in [1.54, 1.807) is 0 Å². The van der Waals surface area contributed by atoms with E-state index >= 15 is 0 Å². The molecule has 0 bridgehead atoms. The number of aliphatic hydroxyl groups is 3. The lowest BCUT2D eigenvalue weighted by Crippen LogP contribution is -2.60. The molecule has 67 heavy (non-hydrogen) atoms. The third kappa shape index (κ3) is 39.0. The Labute approximate surface area is 410 Å². The highest BCUT2D eigenvalue weighted by Crippen LogP contribution is 2.26. The highest BCUT2D eigenvalue weighted by Gasteiger charge is 2.48. The molecule has 6 atom stereocenters. The Kier molecular flexibility index (Phi) is 43.4. The lowest BCUT2D eigenvalue weighted by molar-refractivity contribution is -0.301. The molecule has 1 fully saturated rings. The fourth-order valence-electron chi connectivity index (χ4n) is 8.65. The predicted octanol–water partition coefficient (Wildman–Crippen LogP) is 13.1. The number of rotatable bonds is 49. The maximum absolute atomic E-state index is 12.9. The van der Waals surface area contributed by atoms with Gasteiger partial charge in [-0.15, -0.1) is 0 Å². The first-order valence-electron chi connectivity index (χ1n) is 27.6. The average molecular weight is 975 g/mol. The standard InChI is InChI=1S/C54H102O12S/c1-3-5-7-9-11-13-15-17-19-21-23-24-25-26-28-30-32-34-36-38-40-42-44-62-46-48(47-63-54-52(58)53(66-67(59,60)61)51(57)49(45-55)65-54)64-50(56)43-41-39-37-35-33-31-29-27-22-20-18-16-14-12-10-8-6-4-2/h14,16,20,22,48-49,51-55,57-58H,3-13,15,17-19,21,23-47H2,1-2H3,(H,59,60,61)/b16-14-,22-20-. The number of hydrogen-bond acceptors (Lipinski definition) is 11. The van der Waals surface area contributed by atoms with Gasteiger partial charge in [-0.25, -0.2) is 4.18 Å². The lowest BCUT2D eigenvalue weighted by Gasteiger charge is -2.41. The molecule has 0 spiro atoms. The molecule has 0 aliphatic carbocycles. The normalized spacial score (nSPS) is 19.5. The van der Waals surface area contributed by atoms with Crippen molar-refractivity contribution in [3.63, 3.8) is 0 Å². The van der Waals surface area contributed by atoms with Crippen LogP contribution in [0.4, 0.5) is 0 Å². The summed E-state index contributed by atoms with van der Waals surface area (Å²) in [4.78, 5) is 12.9. The molecule has 4 N–H and O–H groups in total. The summed E-state index contributed by atoms with van der Waals surface area (Å²) in [6.45, 7) is 4.02. The first kappa shape index (κ1) is 63.6. The van der Waals surface area contributed by atoms with E-state index in [1.807, 2.05) is 0 Å². The van der Waals surface area contributed by atoms with Crippen molar-refractivity contribution in [3.8, 4) is 0 Å². The predicted molar refractivity (Wildman–Crippen MR) is 271 cm³/mol. The van der Waals surface area contributed by atoms with Crippen LogP contribution in [-0.2, 0) is 38.3 Å². The van der Waals surface area contributed by atoms with Gasteiger partial charge in [0.2, 0.25) is 0 Å². The van der Waals surface area contributed by atoms with E-state index in [1.165, 1.54) is 173 Å². The summed E-state index contributed by atoms with van der Waals surface area (Å²) in [5.74, 6) is -0.402. The Hall–Kier alpha value is -1.42. The molecular formula is C54H102O12S. The summed E-state index contributed by atoms with van der Waals surface area (Å²) >= 11 is 0. The molecule has 13 heteroatoms. The molecule has 1 saturated heterocycles. The molecule has 6 unspecified atom stereocenters. The van der Waals surface area contributed by atoms with Crippen LogP contribution in [0.15, 0.2) is 24.3 Å². The van der Waals surface area contributed by atoms with Gasteiger partial charge in [0.15, 0.2) is 6.29 Å². The van der Waals surface area contributed by atoms with Gasteiger partial charge in [-0.05, 0) is 44.9 Å². The molecule has 12 nitrogen and oxygen atoms in total. The minimum Gasteiger partial charge on any atom is -0.457 e. The first-order chi connectivity index (χ1) is 32.6. The molecule has 1 rings (SSSR count). The topological polar surface area (TPSA) is 178 Å². The van der Waals surface area contributed by atoms with Crippen molar-refractivity contribution in [2.45, 2.75) is 288 Å². The van der Waals surface area contributed by atoms with Gasteiger partial charge in [0.05, 0.1) is 19.8 Å². The Bertz CT molecular complexity index is 1260. The number of carbonyl (C=O) groups is 1. The fourth-order valence-corrected chi connectivity index (χ4v) is 9.16. The van der Waals surface area contributed by atoms with E-state index in [-0.39, 0.29) is 19.6 Å². The van der Waals surface area contributed by atoms with Crippen molar-refractivity contribution < 1.29 is 56.2 Å². The van der Waals surface area contributed by atoms with Crippen molar-refractivity contribution in [3.05, 3.63) is 24.3 Å². The maximum atomic E-state index is 12.9. The molecule has 0 radical (unpaired) electrons. The minimum absolute atomic E-state index is 0.0375. The van der Waals surface area contributed by atoms with Gasteiger partial charge in [0, 0.05) is 13.0 Å². The van der Waals surface area contributed by atoms with Crippen molar-refractivity contribution in [1.29, 1.82) is 0 Å². The third-order valence-corrected chi connectivity index (χ3v) is 13.3. The molecule has 0 amide bonds. The second-order valence-electron chi connectivity index (χ2n) is 19.2. The van der Waals surface area contributed by atoms with Gasteiger partial charge in [0.1, 0.15) is 30.5 Å². The van der Waals surface area contributed by atoms with Gasteiger partial charge in [-0.2, -0.15) is 8.42 Å². The summed E-state index contributed by atoms with van der Waals surface area (Å²) in [5, 5.41) is 30.8. The monoisotopic (exact) mass is 975 g/mol. The third-order valence-electron chi connectivity index (χ3n) is 12.8.